The van der Waals surface area contributed by atoms with E-state index >= 15 is 0 Å². The summed E-state index contributed by atoms with van der Waals surface area (Å²) < 4.78 is 29.7. The number of para-hydroxylation sites is 1. The molecule has 0 saturated carbocycles. The number of sulfonamides is 1. The zero-order valence-corrected chi connectivity index (χ0v) is 17.5. The van der Waals surface area contributed by atoms with Crippen molar-refractivity contribution in [3.63, 3.8) is 0 Å². The standard InChI is InChI=1S/C20H21N3O3S2/c1-4-15-10-12-17(13-11-15)28(25,26)21-20-23(16-8-6-5-7-9-16)19(24)18(27-20)14-22(2)3/h5-14H,4H2,1-3H3/b18-14+,21-20+. The van der Waals surface area contributed by atoms with E-state index in [1.54, 1.807) is 73.7 Å². The van der Waals surface area contributed by atoms with Gasteiger partial charge in [0.15, 0.2) is 5.17 Å². The maximum absolute atomic E-state index is 12.9. The van der Waals surface area contributed by atoms with Crippen LogP contribution in [0.2, 0.25) is 0 Å². The average molecular weight is 416 g/mol. The Morgan fingerprint density at radius 3 is 2.29 bits per heavy atom. The van der Waals surface area contributed by atoms with Crippen LogP contribution in [0.4, 0.5) is 5.69 Å². The fraction of sp³-hybridized carbons (Fsp3) is 0.200. The monoisotopic (exact) mass is 415 g/mol. The fourth-order valence-corrected chi connectivity index (χ4v) is 4.85. The smallest absolute Gasteiger partial charge is 0.284 e. The summed E-state index contributed by atoms with van der Waals surface area (Å²) in [5, 5.41) is 0.115. The third-order valence-electron chi connectivity index (χ3n) is 4.02. The largest absolute Gasteiger partial charge is 0.382 e. The lowest BCUT2D eigenvalue weighted by Crippen LogP contribution is -2.29. The zero-order valence-electron chi connectivity index (χ0n) is 15.9. The highest BCUT2D eigenvalue weighted by atomic mass is 32.2. The number of aryl methyl sites for hydroxylation is 1. The van der Waals surface area contributed by atoms with E-state index in [0.29, 0.717) is 10.6 Å². The van der Waals surface area contributed by atoms with Crippen LogP contribution in [0.5, 0.6) is 0 Å². The van der Waals surface area contributed by atoms with Gasteiger partial charge in [-0.05, 0) is 48.0 Å². The maximum Gasteiger partial charge on any atom is 0.284 e. The lowest BCUT2D eigenvalue weighted by Gasteiger charge is -2.15. The molecule has 0 aromatic heterocycles. The molecule has 0 spiro atoms. The molecule has 0 aliphatic carbocycles. The summed E-state index contributed by atoms with van der Waals surface area (Å²) in [6.07, 6.45) is 2.48. The van der Waals surface area contributed by atoms with Crippen LogP contribution in [-0.4, -0.2) is 38.5 Å². The van der Waals surface area contributed by atoms with Crippen molar-refractivity contribution in [3.8, 4) is 0 Å². The van der Waals surface area contributed by atoms with E-state index in [-0.39, 0.29) is 16.0 Å². The van der Waals surface area contributed by atoms with Crippen molar-refractivity contribution in [2.45, 2.75) is 18.2 Å². The molecule has 1 saturated heterocycles. The number of hydrogen-bond donors (Lipinski definition) is 0. The predicted molar refractivity (Wildman–Crippen MR) is 114 cm³/mol. The molecule has 1 fully saturated rings. The van der Waals surface area contributed by atoms with Gasteiger partial charge in [-0.15, -0.1) is 4.40 Å². The first kappa shape index (κ1) is 20.2. The second kappa shape index (κ2) is 8.20. The quantitative estimate of drug-likeness (QED) is 0.700. The molecule has 0 N–H and O–H groups in total. The molecular formula is C20H21N3O3S2. The second-order valence-electron chi connectivity index (χ2n) is 6.38. The van der Waals surface area contributed by atoms with E-state index in [9.17, 15) is 13.2 Å². The first-order valence-corrected chi connectivity index (χ1v) is 11.0. The Balaban J connectivity index is 2.06. The molecule has 2 aromatic carbocycles. The lowest BCUT2D eigenvalue weighted by molar-refractivity contribution is -0.113. The summed E-state index contributed by atoms with van der Waals surface area (Å²) in [6.45, 7) is 2.00. The van der Waals surface area contributed by atoms with Crippen molar-refractivity contribution in [3.05, 3.63) is 71.3 Å². The molecule has 146 valence electrons. The molecule has 0 bridgehead atoms. The minimum Gasteiger partial charge on any atom is -0.382 e. The summed E-state index contributed by atoms with van der Waals surface area (Å²) in [4.78, 5) is 16.5. The lowest BCUT2D eigenvalue weighted by atomic mass is 10.2. The molecule has 1 aliphatic rings. The molecular weight excluding hydrogens is 394 g/mol. The highest BCUT2D eigenvalue weighted by Crippen LogP contribution is 2.35. The van der Waals surface area contributed by atoms with Gasteiger partial charge in [-0.2, -0.15) is 8.42 Å². The number of amidine groups is 1. The van der Waals surface area contributed by atoms with Crippen LogP contribution in [0, 0.1) is 0 Å². The van der Waals surface area contributed by atoms with Crippen LogP contribution >= 0.6 is 11.8 Å². The third-order valence-corrected chi connectivity index (χ3v) is 6.38. The number of anilines is 1. The highest BCUT2D eigenvalue weighted by Gasteiger charge is 2.36. The summed E-state index contributed by atoms with van der Waals surface area (Å²) in [5.41, 5.74) is 1.61. The molecule has 28 heavy (non-hydrogen) atoms. The number of thioether (sulfide) groups is 1. The molecule has 1 amide bonds. The first-order chi connectivity index (χ1) is 13.3. The third kappa shape index (κ3) is 4.28. The van der Waals surface area contributed by atoms with Gasteiger partial charge in [0.2, 0.25) is 0 Å². The molecule has 3 rings (SSSR count). The van der Waals surface area contributed by atoms with Crippen LogP contribution in [-0.2, 0) is 21.2 Å². The van der Waals surface area contributed by atoms with E-state index in [4.69, 9.17) is 0 Å². The molecule has 0 atom stereocenters. The number of hydrogen-bond acceptors (Lipinski definition) is 5. The number of nitrogens with zero attached hydrogens (tertiary/aromatic N) is 3. The normalized spacial score (nSPS) is 17.5. The van der Waals surface area contributed by atoms with Gasteiger partial charge in [0.25, 0.3) is 15.9 Å². The number of carbonyl (C=O) groups is 1. The fourth-order valence-electron chi connectivity index (χ4n) is 2.62. The zero-order chi connectivity index (χ0) is 20.3. The maximum atomic E-state index is 12.9. The number of amides is 1. The Kier molecular flexibility index (Phi) is 5.90. The molecule has 0 unspecified atom stereocenters. The SMILES string of the molecule is CCc1ccc(S(=O)(=O)/N=C2/S/C(=C/N(C)C)C(=O)N2c2ccccc2)cc1. The van der Waals surface area contributed by atoms with Crippen LogP contribution in [0.3, 0.4) is 0 Å². The van der Waals surface area contributed by atoms with Crippen LogP contribution in [0.1, 0.15) is 12.5 Å². The minimum atomic E-state index is -3.95. The van der Waals surface area contributed by atoms with Crippen molar-refractivity contribution in [2.75, 3.05) is 19.0 Å². The summed E-state index contributed by atoms with van der Waals surface area (Å²) in [5.74, 6) is -0.305. The van der Waals surface area contributed by atoms with Gasteiger partial charge in [0.1, 0.15) is 0 Å². The van der Waals surface area contributed by atoms with E-state index < -0.39 is 10.0 Å². The summed E-state index contributed by atoms with van der Waals surface area (Å²) in [7, 11) is -0.352. The van der Waals surface area contributed by atoms with Crippen LogP contribution in [0.15, 0.2) is 75.0 Å². The first-order valence-electron chi connectivity index (χ1n) is 8.71. The van der Waals surface area contributed by atoms with Crippen molar-refractivity contribution < 1.29 is 13.2 Å². The second-order valence-corrected chi connectivity index (χ2v) is 8.99. The predicted octanol–water partition coefficient (Wildman–Crippen LogP) is 3.48. The van der Waals surface area contributed by atoms with E-state index in [1.807, 2.05) is 13.0 Å². The number of carbonyl (C=O) groups excluding carboxylic acids is 1. The van der Waals surface area contributed by atoms with Gasteiger partial charge in [0.05, 0.1) is 15.5 Å². The van der Waals surface area contributed by atoms with Gasteiger partial charge < -0.3 is 4.90 Å². The molecule has 2 aromatic rings. The van der Waals surface area contributed by atoms with Gasteiger partial charge in [-0.25, -0.2) is 0 Å². The van der Waals surface area contributed by atoms with Gasteiger partial charge in [-0.1, -0.05) is 37.3 Å². The topological polar surface area (TPSA) is 70.0 Å². The van der Waals surface area contributed by atoms with Crippen molar-refractivity contribution >= 4 is 38.5 Å². The van der Waals surface area contributed by atoms with Crippen molar-refractivity contribution in [1.29, 1.82) is 0 Å². The van der Waals surface area contributed by atoms with Crippen molar-refractivity contribution in [2.24, 2.45) is 4.40 Å². The number of benzene rings is 2. The van der Waals surface area contributed by atoms with E-state index in [2.05, 4.69) is 4.40 Å². The highest BCUT2D eigenvalue weighted by molar-refractivity contribution is 8.19. The average Bonchev–Trinajstić information content (AvgIpc) is 2.96. The Bertz CT molecular complexity index is 1030. The Hall–Kier alpha value is -2.58. The van der Waals surface area contributed by atoms with Crippen molar-refractivity contribution in [1.82, 2.24) is 4.90 Å². The van der Waals surface area contributed by atoms with Gasteiger partial charge in [0, 0.05) is 20.3 Å². The van der Waals surface area contributed by atoms with E-state index in [1.165, 1.54) is 4.90 Å². The molecule has 0 radical (unpaired) electrons. The summed E-state index contributed by atoms with van der Waals surface area (Å²) >= 11 is 1.05. The summed E-state index contributed by atoms with van der Waals surface area (Å²) in [6, 6.07) is 15.5. The van der Waals surface area contributed by atoms with Gasteiger partial charge >= 0.3 is 0 Å². The van der Waals surface area contributed by atoms with Crippen LogP contribution < -0.4 is 4.90 Å². The van der Waals surface area contributed by atoms with Crippen LogP contribution in [0.25, 0.3) is 0 Å². The molecule has 1 heterocycles. The van der Waals surface area contributed by atoms with E-state index in [0.717, 1.165) is 23.7 Å². The number of rotatable bonds is 5. The Labute approximate surface area is 169 Å². The molecule has 1 aliphatic heterocycles. The molecule has 8 heteroatoms. The molecule has 6 nitrogen and oxygen atoms in total. The minimum absolute atomic E-state index is 0.100. The Morgan fingerprint density at radius 2 is 1.71 bits per heavy atom. The Morgan fingerprint density at radius 1 is 1.07 bits per heavy atom. The van der Waals surface area contributed by atoms with Gasteiger partial charge in [-0.3, -0.25) is 9.69 Å².